The summed E-state index contributed by atoms with van der Waals surface area (Å²) in [5.41, 5.74) is 1.56. The van der Waals surface area contributed by atoms with Gasteiger partial charge in [-0.1, -0.05) is 11.3 Å². The summed E-state index contributed by atoms with van der Waals surface area (Å²) in [6.45, 7) is 8.60. The summed E-state index contributed by atoms with van der Waals surface area (Å²) in [6, 6.07) is 13.6. The predicted octanol–water partition coefficient (Wildman–Crippen LogP) is 5.21. The zero-order valence-electron chi connectivity index (χ0n) is 19.2. The number of carbonyl (C=O) groups is 1. The van der Waals surface area contributed by atoms with Gasteiger partial charge in [0.2, 0.25) is 0 Å². The number of nitrogens with zero attached hydrogens (tertiary/aromatic N) is 3. The number of hydrogen-bond acceptors (Lipinski definition) is 7. The van der Waals surface area contributed by atoms with Gasteiger partial charge in [0.15, 0.2) is 5.13 Å². The Hall–Kier alpha value is -1.84. The largest absolute Gasteiger partial charge is 0.491 e. The highest BCUT2D eigenvalue weighted by molar-refractivity contribution is 7.98. The first kappa shape index (κ1) is 25.8. The topological polar surface area (TPSA) is 54.9 Å². The van der Waals surface area contributed by atoms with Crippen molar-refractivity contribution < 1.29 is 14.3 Å². The number of fused-ring (bicyclic) bond motifs is 1. The Balaban J connectivity index is 0.00000306. The van der Waals surface area contributed by atoms with Crippen LogP contribution in [0.2, 0.25) is 0 Å². The van der Waals surface area contributed by atoms with Crippen LogP contribution in [0.4, 0.5) is 5.13 Å². The third-order valence-electron chi connectivity index (χ3n) is 5.28. The minimum atomic E-state index is -0.0431. The quantitative estimate of drug-likeness (QED) is 0.390. The van der Waals surface area contributed by atoms with Crippen LogP contribution in [0.3, 0.4) is 0 Å². The molecular formula is C24H30ClN3O3S2. The molecule has 2 heterocycles. The number of aromatic nitrogens is 1. The first-order valence-electron chi connectivity index (χ1n) is 10.9. The molecule has 4 rings (SSSR count). The second kappa shape index (κ2) is 12.0. The summed E-state index contributed by atoms with van der Waals surface area (Å²) >= 11 is 3.28. The van der Waals surface area contributed by atoms with Gasteiger partial charge in [-0.3, -0.25) is 14.6 Å². The van der Waals surface area contributed by atoms with E-state index < -0.39 is 0 Å². The van der Waals surface area contributed by atoms with Crippen molar-refractivity contribution in [2.75, 3.05) is 50.5 Å². The molecule has 0 saturated carbocycles. The first-order valence-corrected chi connectivity index (χ1v) is 12.9. The van der Waals surface area contributed by atoms with Crippen LogP contribution in [0, 0.1) is 0 Å². The highest BCUT2D eigenvalue weighted by Crippen LogP contribution is 2.32. The maximum Gasteiger partial charge on any atom is 0.260 e. The lowest BCUT2D eigenvalue weighted by Gasteiger charge is -2.29. The monoisotopic (exact) mass is 507 g/mol. The van der Waals surface area contributed by atoms with Gasteiger partial charge in [0.05, 0.1) is 29.5 Å². The Morgan fingerprint density at radius 2 is 1.94 bits per heavy atom. The lowest BCUT2D eigenvalue weighted by atomic mass is 10.2. The van der Waals surface area contributed by atoms with Crippen LogP contribution in [0.15, 0.2) is 47.4 Å². The van der Waals surface area contributed by atoms with Gasteiger partial charge in [0.1, 0.15) is 5.75 Å². The zero-order valence-corrected chi connectivity index (χ0v) is 21.6. The van der Waals surface area contributed by atoms with Gasteiger partial charge in [0, 0.05) is 36.6 Å². The van der Waals surface area contributed by atoms with Gasteiger partial charge < -0.3 is 9.47 Å². The fourth-order valence-corrected chi connectivity index (χ4v) is 5.13. The number of rotatable bonds is 8. The Kier molecular flexibility index (Phi) is 9.40. The summed E-state index contributed by atoms with van der Waals surface area (Å²) in [7, 11) is 0. The fourth-order valence-electron chi connectivity index (χ4n) is 3.59. The number of morpholine rings is 1. The van der Waals surface area contributed by atoms with Crippen LogP contribution in [0.1, 0.15) is 24.2 Å². The Bertz CT molecular complexity index is 1050. The van der Waals surface area contributed by atoms with E-state index in [1.165, 1.54) is 4.90 Å². The van der Waals surface area contributed by atoms with E-state index in [0.29, 0.717) is 12.1 Å². The lowest BCUT2D eigenvalue weighted by Crippen LogP contribution is -2.43. The number of benzene rings is 2. The standard InChI is InChI=1S/C24H29N3O3S2.ClH/c1-17(2)30-19-6-4-18(5-7-19)23(28)27(11-10-26-12-14-29-15-13-26)24-25-21-9-8-20(31-3)16-22(21)32-24;/h4-9,16-17H,10-15H2,1-3H3;1H. The van der Waals surface area contributed by atoms with Gasteiger partial charge in [-0.2, -0.15) is 0 Å². The number of hydrogen-bond donors (Lipinski definition) is 0. The number of thiazole rings is 1. The van der Waals surface area contributed by atoms with E-state index >= 15 is 0 Å². The van der Waals surface area contributed by atoms with Crippen molar-refractivity contribution in [3.8, 4) is 5.75 Å². The van der Waals surface area contributed by atoms with Crippen molar-refractivity contribution >= 4 is 56.8 Å². The fraction of sp³-hybridized carbons (Fsp3) is 0.417. The smallest absolute Gasteiger partial charge is 0.260 e. The minimum Gasteiger partial charge on any atom is -0.491 e. The van der Waals surface area contributed by atoms with Crippen molar-refractivity contribution in [1.29, 1.82) is 0 Å². The Labute approximate surface area is 209 Å². The molecule has 33 heavy (non-hydrogen) atoms. The normalized spacial score (nSPS) is 14.3. The summed E-state index contributed by atoms with van der Waals surface area (Å²) in [4.78, 5) is 23.7. The number of halogens is 1. The number of anilines is 1. The van der Waals surface area contributed by atoms with Crippen LogP contribution in [0.5, 0.6) is 5.75 Å². The van der Waals surface area contributed by atoms with Crippen molar-refractivity contribution in [2.45, 2.75) is 24.8 Å². The average Bonchev–Trinajstić information content (AvgIpc) is 3.22. The molecule has 1 fully saturated rings. The minimum absolute atomic E-state index is 0. The van der Waals surface area contributed by atoms with Crippen molar-refractivity contribution in [2.24, 2.45) is 0 Å². The molecule has 1 amide bonds. The lowest BCUT2D eigenvalue weighted by molar-refractivity contribution is 0.0391. The number of amides is 1. The van der Waals surface area contributed by atoms with Crippen molar-refractivity contribution in [3.63, 3.8) is 0 Å². The van der Waals surface area contributed by atoms with Gasteiger partial charge in [-0.15, -0.1) is 24.2 Å². The molecule has 0 unspecified atom stereocenters. The molecule has 0 bridgehead atoms. The third-order valence-corrected chi connectivity index (χ3v) is 7.04. The molecule has 2 aromatic carbocycles. The Morgan fingerprint density at radius 1 is 1.21 bits per heavy atom. The third kappa shape index (κ3) is 6.61. The summed E-state index contributed by atoms with van der Waals surface area (Å²) < 4.78 is 12.3. The van der Waals surface area contributed by atoms with E-state index in [9.17, 15) is 4.79 Å². The van der Waals surface area contributed by atoms with E-state index in [4.69, 9.17) is 14.5 Å². The SMILES string of the molecule is CSc1ccc2nc(N(CCN3CCOCC3)C(=O)c3ccc(OC(C)C)cc3)sc2c1.Cl. The van der Waals surface area contributed by atoms with Gasteiger partial charge in [-0.25, -0.2) is 4.98 Å². The Morgan fingerprint density at radius 3 is 2.61 bits per heavy atom. The number of thioether (sulfide) groups is 1. The second-order valence-corrected chi connectivity index (χ2v) is 9.82. The van der Waals surface area contributed by atoms with E-state index in [1.807, 2.05) is 49.1 Å². The molecule has 0 atom stereocenters. The molecule has 0 N–H and O–H groups in total. The van der Waals surface area contributed by atoms with Crippen LogP contribution in [0.25, 0.3) is 10.2 Å². The van der Waals surface area contributed by atoms with E-state index in [0.717, 1.165) is 53.9 Å². The van der Waals surface area contributed by atoms with Gasteiger partial charge in [-0.05, 0) is 62.6 Å². The van der Waals surface area contributed by atoms with Gasteiger partial charge >= 0.3 is 0 Å². The van der Waals surface area contributed by atoms with Gasteiger partial charge in [0.25, 0.3) is 5.91 Å². The van der Waals surface area contributed by atoms with E-state index in [-0.39, 0.29) is 24.4 Å². The highest BCUT2D eigenvalue weighted by Gasteiger charge is 2.23. The predicted molar refractivity (Wildman–Crippen MR) is 140 cm³/mol. The van der Waals surface area contributed by atoms with E-state index in [1.54, 1.807) is 23.1 Å². The molecule has 0 aliphatic carbocycles. The molecule has 1 aliphatic heterocycles. The van der Waals surface area contributed by atoms with Crippen molar-refractivity contribution in [1.82, 2.24) is 9.88 Å². The number of ether oxygens (including phenoxy) is 2. The van der Waals surface area contributed by atoms with Crippen molar-refractivity contribution in [3.05, 3.63) is 48.0 Å². The summed E-state index contributed by atoms with van der Waals surface area (Å²) in [5, 5.41) is 0.735. The molecular weight excluding hydrogens is 478 g/mol. The summed E-state index contributed by atoms with van der Waals surface area (Å²) in [6.07, 6.45) is 2.16. The molecule has 0 spiro atoms. The second-order valence-electron chi connectivity index (χ2n) is 7.93. The summed E-state index contributed by atoms with van der Waals surface area (Å²) in [5.74, 6) is 0.722. The molecule has 1 saturated heterocycles. The molecule has 6 nitrogen and oxygen atoms in total. The van der Waals surface area contributed by atoms with Crippen LogP contribution in [-0.4, -0.2) is 67.5 Å². The molecule has 178 valence electrons. The molecule has 9 heteroatoms. The van der Waals surface area contributed by atoms with Crippen LogP contribution >= 0.6 is 35.5 Å². The maximum absolute atomic E-state index is 13.6. The molecule has 1 aliphatic rings. The highest BCUT2D eigenvalue weighted by atomic mass is 35.5. The first-order chi connectivity index (χ1) is 15.5. The molecule has 3 aromatic rings. The van der Waals surface area contributed by atoms with Crippen LogP contribution < -0.4 is 9.64 Å². The zero-order chi connectivity index (χ0) is 22.5. The maximum atomic E-state index is 13.6. The van der Waals surface area contributed by atoms with Crippen LogP contribution in [-0.2, 0) is 4.74 Å². The van der Waals surface area contributed by atoms with E-state index in [2.05, 4.69) is 23.3 Å². The molecule has 1 aromatic heterocycles. The molecule has 0 radical (unpaired) electrons. The number of carbonyl (C=O) groups excluding carboxylic acids is 1. The average molecular weight is 508 g/mol.